The average Bonchev–Trinajstić information content (AvgIpc) is 3.64. The lowest BCUT2D eigenvalue weighted by molar-refractivity contribution is -0.0454. The molecule has 1 fully saturated rings. The van der Waals surface area contributed by atoms with Crippen LogP contribution in [0, 0.1) is 0 Å². The van der Waals surface area contributed by atoms with Gasteiger partial charge in [-0.3, -0.25) is 8.75 Å². The maximum atomic E-state index is 15.9. The van der Waals surface area contributed by atoms with Gasteiger partial charge in [-0.1, -0.05) is 42.5 Å². The number of alkyl halides is 1. The number of hydrogen-bond acceptors (Lipinski definition) is 10. The highest BCUT2D eigenvalue weighted by Crippen LogP contribution is 2.38. The number of nitrogens with two attached hydrogens (primary N) is 1. The fraction of sp³-hybridized carbons (Fsp3) is 0.308. The zero-order valence-corrected chi connectivity index (χ0v) is 21.8. The van der Waals surface area contributed by atoms with Gasteiger partial charge in [-0.15, -0.1) is 0 Å². The zero-order valence-electron chi connectivity index (χ0n) is 21.0. The largest absolute Gasteiger partial charge is 0.453 e. The van der Waals surface area contributed by atoms with E-state index in [1.807, 2.05) is 12.1 Å². The molecule has 3 N–H and O–H groups in total. The molecule has 12 nitrogen and oxygen atoms in total. The molecule has 6 rings (SSSR count). The van der Waals surface area contributed by atoms with E-state index in [1.54, 1.807) is 18.2 Å². The number of nitrogens with one attached hydrogen (secondary N) is 1. The highest BCUT2D eigenvalue weighted by Gasteiger charge is 2.49. The van der Waals surface area contributed by atoms with Crippen LogP contribution in [0.4, 0.5) is 10.2 Å². The topological polar surface area (TPSA) is 161 Å². The monoisotopic (exact) mass is 568 g/mol. The van der Waals surface area contributed by atoms with Gasteiger partial charge in [0.2, 0.25) is 0 Å². The quantitative estimate of drug-likeness (QED) is 0.302. The van der Waals surface area contributed by atoms with Crippen molar-refractivity contribution in [3.05, 3.63) is 83.9 Å². The SMILES string of the molecule is NS(=O)(=O)OC[C@H]1O[C@@H](n2cnc3c(N[C@H]4CCc5ccccc54)ncnc32)[C@@H](F)[C@@H]1OC(=O)c1ccccc1. The maximum Gasteiger partial charge on any atom is 0.338 e. The number of carbonyl (C=O) groups is 1. The van der Waals surface area contributed by atoms with Crippen molar-refractivity contribution >= 4 is 33.3 Å². The molecule has 0 radical (unpaired) electrons. The minimum atomic E-state index is -4.37. The molecule has 1 aliphatic heterocycles. The molecule has 2 aromatic carbocycles. The summed E-state index contributed by atoms with van der Waals surface area (Å²) < 4.78 is 56.1. The van der Waals surface area contributed by atoms with Crippen LogP contribution in [0.25, 0.3) is 11.2 Å². The fourth-order valence-electron chi connectivity index (χ4n) is 5.14. The Morgan fingerprint density at radius 1 is 1.12 bits per heavy atom. The Balaban J connectivity index is 1.28. The molecule has 0 saturated carbocycles. The maximum absolute atomic E-state index is 15.9. The summed E-state index contributed by atoms with van der Waals surface area (Å²) in [5.74, 6) is -0.334. The lowest BCUT2D eigenvalue weighted by atomic mass is 10.1. The molecule has 208 valence electrons. The third-order valence-electron chi connectivity index (χ3n) is 6.99. The molecule has 1 saturated heterocycles. The Hall–Kier alpha value is -3.98. The van der Waals surface area contributed by atoms with Crippen LogP contribution in [0.3, 0.4) is 0 Å². The second-order valence-corrected chi connectivity index (χ2v) is 10.7. The molecule has 4 aromatic rings. The first-order valence-electron chi connectivity index (χ1n) is 12.5. The lowest BCUT2D eigenvalue weighted by Gasteiger charge is -2.19. The van der Waals surface area contributed by atoms with Gasteiger partial charge < -0.3 is 14.8 Å². The number of aryl methyl sites for hydroxylation is 1. The summed E-state index contributed by atoms with van der Waals surface area (Å²) in [6.07, 6.45) is -1.59. The Morgan fingerprint density at radius 3 is 2.70 bits per heavy atom. The third kappa shape index (κ3) is 5.13. The second kappa shape index (κ2) is 10.5. The van der Waals surface area contributed by atoms with Crippen molar-refractivity contribution in [3.63, 3.8) is 0 Å². The molecule has 14 heteroatoms. The van der Waals surface area contributed by atoms with Gasteiger partial charge in [0.15, 0.2) is 35.5 Å². The number of ether oxygens (including phenoxy) is 2. The smallest absolute Gasteiger partial charge is 0.338 e. The first-order valence-corrected chi connectivity index (χ1v) is 14.0. The number of esters is 1. The Bertz CT molecular complexity index is 1650. The standard InChI is InChI=1S/C26H25FN6O6S/c27-20-22(39-26(34)16-7-2-1-3-8-16)19(12-37-40(28,35)36)38-25(20)33-14-31-21-23(29-13-30-24(21)33)32-18-11-10-15-6-4-5-9-17(15)18/h1-9,13-14,18-20,22,25H,10-12H2,(H2,28,35,36)(H,29,30,32)/t18-,19+,20-,22+,25+/m0/s1. The molecule has 3 heterocycles. The molecule has 2 aliphatic rings. The van der Waals surface area contributed by atoms with Crippen LogP contribution >= 0.6 is 0 Å². The first kappa shape index (κ1) is 26.3. The van der Waals surface area contributed by atoms with Crippen molar-refractivity contribution in [1.29, 1.82) is 0 Å². The van der Waals surface area contributed by atoms with E-state index in [4.69, 9.17) is 14.6 Å². The van der Waals surface area contributed by atoms with Gasteiger partial charge in [-0.25, -0.2) is 29.3 Å². The third-order valence-corrected chi connectivity index (χ3v) is 7.46. The van der Waals surface area contributed by atoms with E-state index in [0.717, 1.165) is 12.8 Å². The molecular formula is C26H25FN6O6S. The first-order chi connectivity index (χ1) is 19.3. The summed E-state index contributed by atoms with van der Waals surface area (Å²) in [5.41, 5.74) is 3.30. The lowest BCUT2D eigenvalue weighted by Crippen LogP contribution is -2.37. The van der Waals surface area contributed by atoms with E-state index in [1.165, 1.54) is 40.5 Å². The number of benzene rings is 2. The number of rotatable bonds is 8. The van der Waals surface area contributed by atoms with Gasteiger partial charge in [-0.05, 0) is 36.1 Å². The zero-order chi connectivity index (χ0) is 27.9. The van der Waals surface area contributed by atoms with Crippen molar-refractivity contribution in [2.75, 3.05) is 11.9 Å². The van der Waals surface area contributed by atoms with Gasteiger partial charge >= 0.3 is 16.3 Å². The van der Waals surface area contributed by atoms with E-state index in [-0.39, 0.29) is 17.3 Å². The summed E-state index contributed by atoms with van der Waals surface area (Å²) in [5, 5.41) is 8.38. The number of carbonyl (C=O) groups excluding carboxylic acids is 1. The minimum Gasteiger partial charge on any atom is -0.453 e. The Labute approximate surface area is 228 Å². The number of fused-ring (bicyclic) bond motifs is 2. The number of halogens is 1. The van der Waals surface area contributed by atoms with Crippen LogP contribution in [0.1, 0.15) is 40.2 Å². The van der Waals surface area contributed by atoms with Crippen LogP contribution in [0.5, 0.6) is 0 Å². The van der Waals surface area contributed by atoms with Crippen LogP contribution < -0.4 is 10.5 Å². The minimum absolute atomic E-state index is 0.0256. The predicted octanol–water partition coefficient (Wildman–Crippen LogP) is 2.61. The molecule has 0 spiro atoms. The van der Waals surface area contributed by atoms with Gasteiger partial charge in [0.05, 0.1) is 24.5 Å². The number of hydrogen-bond donors (Lipinski definition) is 2. The molecule has 5 atom stereocenters. The van der Waals surface area contributed by atoms with Crippen molar-refractivity contribution in [2.24, 2.45) is 5.14 Å². The van der Waals surface area contributed by atoms with Crippen molar-refractivity contribution in [3.8, 4) is 0 Å². The number of nitrogens with zero attached hydrogens (tertiary/aromatic N) is 4. The van der Waals surface area contributed by atoms with Gasteiger partial charge in [0.1, 0.15) is 12.4 Å². The van der Waals surface area contributed by atoms with E-state index in [0.29, 0.717) is 11.3 Å². The molecule has 0 unspecified atom stereocenters. The van der Waals surface area contributed by atoms with E-state index < -0.39 is 47.5 Å². The van der Waals surface area contributed by atoms with Crippen LogP contribution in [-0.2, 0) is 30.4 Å². The Morgan fingerprint density at radius 2 is 1.90 bits per heavy atom. The van der Waals surface area contributed by atoms with Crippen molar-refractivity contribution in [2.45, 2.75) is 43.5 Å². The van der Waals surface area contributed by atoms with Crippen LogP contribution in [-0.4, -0.2) is 58.9 Å². The number of anilines is 1. The van der Waals surface area contributed by atoms with Gasteiger partial charge in [0.25, 0.3) is 0 Å². The normalized spacial score (nSPS) is 24.2. The molecule has 2 aromatic heterocycles. The molecule has 40 heavy (non-hydrogen) atoms. The summed E-state index contributed by atoms with van der Waals surface area (Å²) in [6, 6.07) is 16.2. The fourth-order valence-corrected chi connectivity index (χ4v) is 5.46. The van der Waals surface area contributed by atoms with Crippen LogP contribution in [0.2, 0.25) is 0 Å². The van der Waals surface area contributed by atoms with Crippen LogP contribution in [0.15, 0.2) is 67.3 Å². The highest BCUT2D eigenvalue weighted by molar-refractivity contribution is 7.84. The summed E-state index contributed by atoms with van der Waals surface area (Å²) in [6.45, 7) is -0.669. The second-order valence-electron chi connectivity index (χ2n) is 9.50. The molecule has 0 amide bonds. The molecular weight excluding hydrogens is 543 g/mol. The number of aromatic nitrogens is 4. The summed E-state index contributed by atoms with van der Waals surface area (Å²) in [7, 11) is -4.37. The van der Waals surface area contributed by atoms with Crippen molar-refractivity contribution in [1.82, 2.24) is 19.5 Å². The van der Waals surface area contributed by atoms with Crippen molar-refractivity contribution < 1.29 is 31.3 Å². The van der Waals surface area contributed by atoms with E-state index in [9.17, 15) is 13.2 Å². The number of imidazole rings is 1. The summed E-state index contributed by atoms with van der Waals surface area (Å²) >= 11 is 0. The average molecular weight is 569 g/mol. The Kier molecular flexibility index (Phi) is 6.92. The molecule has 1 aliphatic carbocycles. The predicted molar refractivity (Wildman–Crippen MR) is 140 cm³/mol. The summed E-state index contributed by atoms with van der Waals surface area (Å²) in [4.78, 5) is 25.8. The van der Waals surface area contributed by atoms with E-state index >= 15 is 4.39 Å². The van der Waals surface area contributed by atoms with Gasteiger partial charge in [0, 0.05) is 0 Å². The van der Waals surface area contributed by atoms with E-state index in [2.05, 4.69) is 36.6 Å². The molecule has 0 bridgehead atoms. The highest BCUT2D eigenvalue weighted by atomic mass is 32.2. The van der Waals surface area contributed by atoms with Gasteiger partial charge in [-0.2, -0.15) is 8.42 Å².